The van der Waals surface area contributed by atoms with E-state index >= 15 is 0 Å². The number of rotatable bonds is 8. The molecule has 0 saturated carbocycles. The van der Waals surface area contributed by atoms with Gasteiger partial charge >= 0.3 is 0 Å². The van der Waals surface area contributed by atoms with Gasteiger partial charge in [-0.1, -0.05) is 12.1 Å². The predicted octanol–water partition coefficient (Wildman–Crippen LogP) is 2.95. The van der Waals surface area contributed by atoms with Gasteiger partial charge in [-0.15, -0.1) is 0 Å². The van der Waals surface area contributed by atoms with Gasteiger partial charge in [0.25, 0.3) is 0 Å². The molecule has 0 spiro atoms. The smallest absolute Gasteiger partial charge is 0.193 e. The van der Waals surface area contributed by atoms with Gasteiger partial charge in [-0.3, -0.25) is 4.99 Å². The maximum Gasteiger partial charge on any atom is 0.193 e. The van der Waals surface area contributed by atoms with E-state index in [2.05, 4.69) is 44.9 Å². The molecule has 0 atom stereocenters. The molecule has 2 heterocycles. The summed E-state index contributed by atoms with van der Waals surface area (Å²) in [7, 11) is 7.16. The van der Waals surface area contributed by atoms with Gasteiger partial charge in [0, 0.05) is 46.0 Å². The molecule has 3 rings (SSSR count). The second-order valence-electron chi connectivity index (χ2n) is 7.24. The Morgan fingerprint density at radius 1 is 1.17 bits per heavy atom. The highest BCUT2D eigenvalue weighted by Crippen LogP contribution is 2.27. The summed E-state index contributed by atoms with van der Waals surface area (Å²) >= 11 is 0. The molecule has 1 aromatic carbocycles. The van der Waals surface area contributed by atoms with E-state index in [9.17, 15) is 0 Å². The topological polar surface area (TPSA) is 63.4 Å². The van der Waals surface area contributed by atoms with Gasteiger partial charge in [0.2, 0.25) is 0 Å². The van der Waals surface area contributed by atoms with Crippen LogP contribution in [0.2, 0.25) is 0 Å². The zero-order valence-electron chi connectivity index (χ0n) is 18.5. The van der Waals surface area contributed by atoms with Gasteiger partial charge in [0.1, 0.15) is 5.65 Å². The van der Waals surface area contributed by atoms with Crippen LogP contribution in [0.3, 0.4) is 0 Å². The van der Waals surface area contributed by atoms with Crippen LogP contribution in [0.5, 0.6) is 11.5 Å². The predicted molar refractivity (Wildman–Crippen MR) is 121 cm³/mol. The molecule has 3 aromatic rings. The number of aromatic nitrogens is 2. The van der Waals surface area contributed by atoms with Crippen molar-refractivity contribution in [2.24, 2.45) is 4.99 Å². The molecule has 0 unspecified atom stereocenters. The lowest BCUT2D eigenvalue weighted by Gasteiger charge is -2.22. The third-order valence-electron chi connectivity index (χ3n) is 5.15. The number of hydrogen-bond donors (Lipinski definition) is 1. The average molecular weight is 410 g/mol. The fraction of sp³-hybridized carbons (Fsp3) is 0.391. The first-order valence-corrected chi connectivity index (χ1v) is 10.1. The van der Waals surface area contributed by atoms with E-state index in [4.69, 9.17) is 14.5 Å². The van der Waals surface area contributed by atoms with Crippen molar-refractivity contribution in [1.82, 2.24) is 19.6 Å². The Morgan fingerprint density at radius 2 is 1.97 bits per heavy atom. The van der Waals surface area contributed by atoms with E-state index in [0.717, 1.165) is 54.7 Å². The van der Waals surface area contributed by atoms with E-state index in [1.165, 1.54) is 11.1 Å². The van der Waals surface area contributed by atoms with E-state index in [1.807, 2.05) is 38.5 Å². The zero-order valence-corrected chi connectivity index (χ0v) is 18.5. The quantitative estimate of drug-likeness (QED) is 0.458. The molecule has 1 N–H and O–H groups in total. The highest BCUT2D eigenvalue weighted by atomic mass is 16.5. The summed E-state index contributed by atoms with van der Waals surface area (Å²) in [6, 6.07) is 10.2. The van der Waals surface area contributed by atoms with Gasteiger partial charge in [-0.2, -0.15) is 0 Å². The lowest BCUT2D eigenvalue weighted by atomic mass is 10.1. The van der Waals surface area contributed by atoms with E-state index in [0.29, 0.717) is 0 Å². The average Bonchev–Trinajstić information content (AvgIpc) is 3.19. The molecule has 0 amide bonds. The second kappa shape index (κ2) is 10.0. The second-order valence-corrected chi connectivity index (χ2v) is 7.24. The molecule has 0 aliphatic heterocycles. The molecular weight excluding hydrogens is 378 g/mol. The van der Waals surface area contributed by atoms with E-state index in [1.54, 1.807) is 14.2 Å². The fourth-order valence-electron chi connectivity index (χ4n) is 3.45. The van der Waals surface area contributed by atoms with Crippen molar-refractivity contribution in [2.45, 2.75) is 19.8 Å². The number of ether oxygens (including phenoxy) is 2. The number of fused-ring (bicyclic) bond motifs is 1. The number of nitrogens with zero attached hydrogens (tertiary/aromatic N) is 4. The van der Waals surface area contributed by atoms with Crippen LogP contribution in [0, 0.1) is 6.92 Å². The Balaban J connectivity index is 1.52. The summed E-state index contributed by atoms with van der Waals surface area (Å²) in [4.78, 5) is 11.3. The Labute approximate surface area is 178 Å². The number of pyridine rings is 1. The van der Waals surface area contributed by atoms with Crippen molar-refractivity contribution in [3.05, 3.63) is 59.5 Å². The highest BCUT2D eigenvalue weighted by Gasteiger charge is 2.09. The van der Waals surface area contributed by atoms with Crippen LogP contribution in [-0.4, -0.2) is 61.6 Å². The van der Waals surface area contributed by atoms with E-state index < -0.39 is 0 Å². The number of guanidine groups is 1. The minimum absolute atomic E-state index is 0.745. The lowest BCUT2D eigenvalue weighted by Crippen LogP contribution is -2.40. The molecule has 0 radical (unpaired) electrons. The first-order valence-electron chi connectivity index (χ1n) is 10.1. The number of imidazole rings is 1. The van der Waals surface area contributed by atoms with Crippen LogP contribution >= 0.6 is 0 Å². The molecule has 7 nitrogen and oxygen atoms in total. The molecular formula is C23H31N5O2. The normalized spacial score (nSPS) is 11.6. The van der Waals surface area contributed by atoms with Crippen molar-refractivity contribution in [2.75, 3.05) is 41.4 Å². The molecule has 160 valence electrons. The molecule has 0 aliphatic carbocycles. The maximum absolute atomic E-state index is 5.39. The fourth-order valence-corrected chi connectivity index (χ4v) is 3.45. The van der Waals surface area contributed by atoms with Gasteiger partial charge in [0.05, 0.1) is 19.9 Å². The largest absolute Gasteiger partial charge is 0.493 e. The summed E-state index contributed by atoms with van der Waals surface area (Å²) in [6.45, 7) is 3.69. The van der Waals surface area contributed by atoms with Gasteiger partial charge in [-0.05, 0) is 42.7 Å². The van der Waals surface area contributed by atoms with Crippen molar-refractivity contribution < 1.29 is 9.47 Å². The van der Waals surface area contributed by atoms with Gasteiger partial charge in [0.15, 0.2) is 17.5 Å². The van der Waals surface area contributed by atoms with Crippen LogP contribution in [0.1, 0.15) is 16.8 Å². The molecule has 30 heavy (non-hydrogen) atoms. The summed E-state index contributed by atoms with van der Waals surface area (Å²) in [5.41, 5.74) is 4.46. The minimum atomic E-state index is 0.745. The number of aliphatic imine (C=N–C) groups is 1. The van der Waals surface area contributed by atoms with Gasteiger partial charge in [-0.25, -0.2) is 4.98 Å². The van der Waals surface area contributed by atoms with E-state index in [-0.39, 0.29) is 0 Å². The van der Waals surface area contributed by atoms with Crippen molar-refractivity contribution >= 4 is 11.6 Å². The Morgan fingerprint density at radius 3 is 2.67 bits per heavy atom. The number of nitrogens with one attached hydrogen (secondary N) is 1. The summed E-state index contributed by atoms with van der Waals surface area (Å²) in [5, 5.41) is 3.44. The van der Waals surface area contributed by atoms with Gasteiger partial charge < -0.3 is 24.1 Å². The van der Waals surface area contributed by atoms with Crippen LogP contribution in [-0.2, 0) is 12.8 Å². The molecule has 0 fully saturated rings. The summed E-state index contributed by atoms with van der Waals surface area (Å²) < 4.78 is 12.8. The summed E-state index contributed by atoms with van der Waals surface area (Å²) in [5.74, 6) is 2.37. The molecule has 0 saturated heterocycles. The molecule has 0 aliphatic rings. The number of benzene rings is 1. The summed E-state index contributed by atoms with van der Waals surface area (Å²) in [6.07, 6.45) is 5.84. The first-order chi connectivity index (χ1) is 14.5. The number of hydrogen-bond acceptors (Lipinski definition) is 4. The minimum Gasteiger partial charge on any atom is -0.493 e. The van der Waals surface area contributed by atoms with Crippen LogP contribution in [0.15, 0.2) is 47.7 Å². The number of methoxy groups -OCH3 is 2. The highest BCUT2D eigenvalue weighted by molar-refractivity contribution is 5.79. The monoisotopic (exact) mass is 409 g/mol. The van der Waals surface area contributed by atoms with Crippen molar-refractivity contribution in [3.8, 4) is 11.5 Å². The number of aryl methyl sites for hydroxylation is 1. The zero-order chi connectivity index (χ0) is 21.5. The molecule has 7 heteroatoms. The van der Waals surface area contributed by atoms with Crippen LogP contribution in [0.25, 0.3) is 5.65 Å². The van der Waals surface area contributed by atoms with Crippen molar-refractivity contribution in [3.63, 3.8) is 0 Å². The third-order valence-corrected chi connectivity index (χ3v) is 5.15. The first kappa shape index (κ1) is 21.5. The molecule has 0 bridgehead atoms. The Hall–Kier alpha value is -3.22. The Kier molecular flexibility index (Phi) is 7.17. The van der Waals surface area contributed by atoms with Crippen LogP contribution in [0.4, 0.5) is 0 Å². The SMILES string of the molecule is CN=C(NCCc1cn2cccc(C)c2n1)N(C)CCc1ccc(OC)c(OC)c1. The standard InChI is InChI=1S/C23H31N5O2/c1-17-7-6-13-28-16-19(26-22(17)28)10-12-25-23(24-2)27(3)14-11-18-8-9-20(29-4)21(15-18)30-5/h6-9,13,15-16H,10-12,14H2,1-5H3,(H,24,25). The third kappa shape index (κ3) is 5.03. The molecule has 2 aromatic heterocycles. The lowest BCUT2D eigenvalue weighted by molar-refractivity contribution is 0.354. The maximum atomic E-state index is 5.39. The number of likely N-dealkylation sites (N-methyl/N-ethyl adjacent to an activating group) is 1. The Bertz CT molecular complexity index is 1010. The van der Waals surface area contributed by atoms with Crippen LogP contribution < -0.4 is 14.8 Å². The van der Waals surface area contributed by atoms with Crippen molar-refractivity contribution in [1.29, 1.82) is 0 Å².